The third kappa shape index (κ3) is 4.03. The number of nitrogens with zero attached hydrogens (tertiary/aromatic N) is 2. The molecule has 1 N–H and O–H groups in total. The Morgan fingerprint density at radius 3 is 2.54 bits per heavy atom. The first-order valence-electron chi connectivity index (χ1n) is 7.30. The van der Waals surface area contributed by atoms with Crippen molar-refractivity contribution in [3.63, 3.8) is 0 Å². The fourth-order valence-electron chi connectivity index (χ4n) is 2.11. The van der Waals surface area contributed by atoms with E-state index in [2.05, 4.69) is 15.0 Å². The van der Waals surface area contributed by atoms with Gasteiger partial charge in [0.15, 0.2) is 17.3 Å². The van der Waals surface area contributed by atoms with E-state index >= 15 is 0 Å². The normalized spacial score (nSPS) is 10.1. The zero-order chi connectivity index (χ0) is 17.5. The van der Waals surface area contributed by atoms with E-state index in [1.165, 1.54) is 31.4 Å². The van der Waals surface area contributed by atoms with Gasteiger partial charge in [0, 0.05) is 18.2 Å². The molecule has 0 unspecified atom stereocenters. The molecule has 2 aromatic rings. The van der Waals surface area contributed by atoms with E-state index in [0.717, 1.165) is 0 Å². The van der Waals surface area contributed by atoms with Crippen molar-refractivity contribution in [3.05, 3.63) is 36.1 Å². The van der Waals surface area contributed by atoms with Crippen molar-refractivity contribution in [2.75, 3.05) is 32.6 Å². The van der Waals surface area contributed by atoms with Gasteiger partial charge in [0.1, 0.15) is 12.8 Å². The number of hydrogen-bond donors (Lipinski definition) is 1. The second-order valence-corrected chi connectivity index (χ2v) is 4.82. The van der Waals surface area contributed by atoms with Crippen molar-refractivity contribution in [3.8, 4) is 11.5 Å². The van der Waals surface area contributed by atoms with Crippen molar-refractivity contribution < 1.29 is 23.6 Å². The number of carbonyl (C=O) groups excluding carboxylic acids is 2. The summed E-state index contributed by atoms with van der Waals surface area (Å²) >= 11 is 0. The SMILES string of the molecule is CCN(CC(=O)Nc1ccon1)C(=O)c1ccc(OC)c(OC)c1. The number of ether oxygens (including phenoxy) is 2. The summed E-state index contributed by atoms with van der Waals surface area (Å²) in [7, 11) is 3.01. The van der Waals surface area contributed by atoms with E-state index in [1.807, 2.05) is 0 Å². The third-order valence-corrected chi connectivity index (χ3v) is 3.34. The lowest BCUT2D eigenvalue weighted by molar-refractivity contribution is -0.116. The van der Waals surface area contributed by atoms with Crippen molar-refractivity contribution in [2.45, 2.75) is 6.92 Å². The fourth-order valence-corrected chi connectivity index (χ4v) is 2.11. The molecule has 1 aromatic carbocycles. The Kier molecular flexibility index (Phi) is 5.78. The number of benzene rings is 1. The van der Waals surface area contributed by atoms with E-state index in [1.54, 1.807) is 25.1 Å². The Bertz CT molecular complexity index is 700. The fraction of sp³-hybridized carbons (Fsp3) is 0.312. The van der Waals surface area contributed by atoms with Crippen LogP contribution in [0.1, 0.15) is 17.3 Å². The first kappa shape index (κ1) is 17.3. The maximum Gasteiger partial charge on any atom is 0.254 e. The highest BCUT2D eigenvalue weighted by Gasteiger charge is 2.19. The summed E-state index contributed by atoms with van der Waals surface area (Å²) in [5, 5.41) is 6.14. The predicted molar refractivity (Wildman–Crippen MR) is 86.3 cm³/mol. The maximum absolute atomic E-state index is 12.6. The number of amides is 2. The number of anilines is 1. The van der Waals surface area contributed by atoms with Gasteiger partial charge in [-0.1, -0.05) is 5.16 Å². The Balaban J connectivity index is 2.09. The molecule has 0 spiro atoms. The summed E-state index contributed by atoms with van der Waals surface area (Å²) in [6.45, 7) is 2.07. The van der Waals surface area contributed by atoms with Crippen LogP contribution in [-0.4, -0.2) is 49.2 Å². The summed E-state index contributed by atoms with van der Waals surface area (Å²) in [4.78, 5) is 26.0. The topological polar surface area (TPSA) is 93.9 Å². The van der Waals surface area contributed by atoms with Crippen LogP contribution in [0.15, 0.2) is 35.1 Å². The molecule has 2 amide bonds. The van der Waals surface area contributed by atoms with E-state index in [-0.39, 0.29) is 18.4 Å². The standard InChI is InChI=1S/C16H19N3O5/c1-4-19(10-15(20)17-14-7-8-24-18-14)16(21)11-5-6-12(22-2)13(9-11)23-3/h5-9H,4,10H2,1-3H3,(H,17,18,20). The minimum atomic E-state index is -0.362. The van der Waals surface area contributed by atoms with E-state index in [0.29, 0.717) is 29.4 Å². The number of hydrogen-bond acceptors (Lipinski definition) is 6. The minimum absolute atomic E-state index is 0.101. The quantitative estimate of drug-likeness (QED) is 0.830. The van der Waals surface area contributed by atoms with Crippen molar-refractivity contribution >= 4 is 17.6 Å². The van der Waals surface area contributed by atoms with Gasteiger partial charge in [-0.2, -0.15) is 0 Å². The summed E-state index contributed by atoms with van der Waals surface area (Å²) in [5.74, 6) is 0.635. The van der Waals surface area contributed by atoms with E-state index in [4.69, 9.17) is 9.47 Å². The summed E-state index contributed by atoms with van der Waals surface area (Å²) in [6.07, 6.45) is 1.35. The Labute approximate surface area is 139 Å². The highest BCUT2D eigenvalue weighted by atomic mass is 16.5. The predicted octanol–water partition coefficient (Wildman–Crippen LogP) is 1.79. The minimum Gasteiger partial charge on any atom is -0.493 e. The van der Waals surface area contributed by atoms with Gasteiger partial charge in [0.25, 0.3) is 5.91 Å². The molecule has 0 radical (unpaired) electrons. The highest BCUT2D eigenvalue weighted by molar-refractivity contribution is 5.99. The molecule has 1 aromatic heterocycles. The van der Waals surface area contributed by atoms with Crippen LogP contribution >= 0.6 is 0 Å². The van der Waals surface area contributed by atoms with Crippen molar-refractivity contribution in [2.24, 2.45) is 0 Å². The molecule has 0 aliphatic rings. The van der Waals surface area contributed by atoms with Crippen molar-refractivity contribution in [1.29, 1.82) is 0 Å². The molecule has 128 valence electrons. The lowest BCUT2D eigenvalue weighted by Gasteiger charge is -2.20. The molecule has 0 aliphatic carbocycles. The van der Waals surface area contributed by atoms with E-state index in [9.17, 15) is 9.59 Å². The summed E-state index contributed by atoms with van der Waals surface area (Å²) < 4.78 is 15.0. The van der Waals surface area contributed by atoms with Gasteiger partial charge >= 0.3 is 0 Å². The average molecular weight is 333 g/mol. The first-order chi connectivity index (χ1) is 11.6. The monoisotopic (exact) mass is 333 g/mol. The van der Waals surface area contributed by atoms with Crippen LogP contribution in [0.3, 0.4) is 0 Å². The van der Waals surface area contributed by atoms with Gasteiger partial charge in [-0.05, 0) is 25.1 Å². The largest absolute Gasteiger partial charge is 0.493 e. The van der Waals surface area contributed by atoms with Crippen molar-refractivity contribution in [1.82, 2.24) is 10.1 Å². The molecule has 2 rings (SSSR count). The maximum atomic E-state index is 12.6. The molecule has 0 atom stereocenters. The van der Waals surface area contributed by atoms with Gasteiger partial charge < -0.3 is 24.2 Å². The molecule has 24 heavy (non-hydrogen) atoms. The number of methoxy groups -OCH3 is 2. The third-order valence-electron chi connectivity index (χ3n) is 3.34. The number of likely N-dealkylation sites (N-methyl/N-ethyl adjacent to an activating group) is 1. The van der Waals surface area contributed by atoms with Gasteiger partial charge in [-0.3, -0.25) is 9.59 Å². The Hall–Kier alpha value is -3.03. The lowest BCUT2D eigenvalue weighted by Crippen LogP contribution is -2.37. The number of nitrogens with one attached hydrogen (secondary N) is 1. The van der Waals surface area contributed by atoms with Gasteiger partial charge in [0.2, 0.25) is 5.91 Å². The van der Waals surface area contributed by atoms with Crippen LogP contribution in [0.2, 0.25) is 0 Å². The first-order valence-corrected chi connectivity index (χ1v) is 7.30. The smallest absolute Gasteiger partial charge is 0.254 e. The average Bonchev–Trinajstić information content (AvgIpc) is 3.11. The van der Waals surface area contributed by atoms with Gasteiger partial charge in [0.05, 0.1) is 14.2 Å². The molecule has 0 aliphatic heterocycles. The second kappa shape index (κ2) is 8.00. The highest BCUT2D eigenvalue weighted by Crippen LogP contribution is 2.28. The van der Waals surface area contributed by atoms with E-state index < -0.39 is 0 Å². The van der Waals surface area contributed by atoms with Crippen LogP contribution in [0, 0.1) is 0 Å². The summed E-state index contributed by atoms with van der Waals surface area (Å²) in [6, 6.07) is 6.38. The molecule has 8 nitrogen and oxygen atoms in total. The number of aromatic nitrogens is 1. The van der Waals surface area contributed by atoms with Crippen LogP contribution in [0.4, 0.5) is 5.82 Å². The van der Waals surface area contributed by atoms with Gasteiger partial charge in [-0.15, -0.1) is 0 Å². The van der Waals surface area contributed by atoms with Crippen LogP contribution in [-0.2, 0) is 4.79 Å². The summed E-state index contributed by atoms with van der Waals surface area (Å²) in [5.41, 5.74) is 0.406. The van der Waals surface area contributed by atoms with Gasteiger partial charge in [-0.25, -0.2) is 0 Å². The lowest BCUT2D eigenvalue weighted by atomic mass is 10.1. The molecular weight excluding hydrogens is 314 g/mol. The molecule has 8 heteroatoms. The molecule has 0 fully saturated rings. The molecule has 0 saturated carbocycles. The molecule has 1 heterocycles. The molecule has 0 saturated heterocycles. The molecular formula is C16H19N3O5. The number of rotatable bonds is 7. The zero-order valence-corrected chi connectivity index (χ0v) is 13.7. The van der Waals surface area contributed by atoms with Crippen LogP contribution in [0.25, 0.3) is 0 Å². The van der Waals surface area contributed by atoms with Crippen LogP contribution in [0.5, 0.6) is 11.5 Å². The zero-order valence-electron chi connectivity index (χ0n) is 13.7. The Morgan fingerprint density at radius 2 is 1.96 bits per heavy atom. The Morgan fingerprint density at radius 1 is 1.21 bits per heavy atom. The number of carbonyl (C=O) groups is 2. The second-order valence-electron chi connectivity index (χ2n) is 4.82. The molecule has 0 bridgehead atoms. The van der Waals surface area contributed by atoms with Crippen LogP contribution < -0.4 is 14.8 Å².